The third-order valence-electron chi connectivity index (χ3n) is 4.25. The predicted molar refractivity (Wildman–Crippen MR) is 116 cm³/mol. The van der Waals surface area contributed by atoms with E-state index in [4.69, 9.17) is 21.6 Å². The van der Waals surface area contributed by atoms with Crippen molar-refractivity contribution in [3.8, 4) is 17.2 Å². The summed E-state index contributed by atoms with van der Waals surface area (Å²) in [4.78, 5) is 27.1. The standard InChI is InChI=1S/C21H24ClN3O3S/c1-4-25(11-14(3)10-23)12-18(26)24-20-19(21(27)28-5-2)16(13-29-20)15-8-6-7-9-17(15)22/h6-9,13-14H,4-5,11-12H2,1-3H3,(H,24,26). The van der Waals surface area contributed by atoms with Gasteiger partial charge in [-0.05, 0) is 26.5 Å². The molecule has 0 bridgehead atoms. The first-order valence-electron chi connectivity index (χ1n) is 9.36. The summed E-state index contributed by atoms with van der Waals surface area (Å²) in [5.41, 5.74) is 1.62. The second-order valence-electron chi connectivity index (χ2n) is 6.46. The molecular formula is C21H24ClN3O3S. The van der Waals surface area contributed by atoms with Gasteiger partial charge in [0.15, 0.2) is 0 Å². The van der Waals surface area contributed by atoms with Crippen molar-refractivity contribution >= 4 is 39.8 Å². The minimum absolute atomic E-state index is 0.129. The average molecular weight is 434 g/mol. The number of rotatable bonds is 9. The molecule has 1 heterocycles. The van der Waals surface area contributed by atoms with Crippen molar-refractivity contribution in [2.45, 2.75) is 20.8 Å². The second-order valence-corrected chi connectivity index (χ2v) is 7.75. The highest BCUT2D eigenvalue weighted by atomic mass is 35.5. The lowest BCUT2D eigenvalue weighted by Gasteiger charge is -2.20. The van der Waals surface area contributed by atoms with Gasteiger partial charge in [0.2, 0.25) is 5.91 Å². The number of carbonyl (C=O) groups is 2. The number of halogens is 1. The fourth-order valence-corrected chi connectivity index (χ4v) is 4.04. The number of hydrogen-bond donors (Lipinski definition) is 1. The lowest BCUT2D eigenvalue weighted by Crippen LogP contribution is -2.35. The molecule has 0 spiro atoms. The number of anilines is 1. The van der Waals surface area contributed by atoms with Crippen molar-refractivity contribution in [3.63, 3.8) is 0 Å². The summed E-state index contributed by atoms with van der Waals surface area (Å²) in [6.07, 6.45) is 0. The third kappa shape index (κ3) is 6.04. The maximum Gasteiger partial charge on any atom is 0.341 e. The summed E-state index contributed by atoms with van der Waals surface area (Å²) in [7, 11) is 0. The maximum atomic E-state index is 12.6. The van der Waals surface area contributed by atoms with Crippen LogP contribution in [0.2, 0.25) is 5.02 Å². The predicted octanol–water partition coefficient (Wildman–Crippen LogP) is 4.67. The van der Waals surface area contributed by atoms with E-state index in [0.29, 0.717) is 39.8 Å². The number of thiophene rings is 1. The largest absolute Gasteiger partial charge is 0.462 e. The molecule has 29 heavy (non-hydrogen) atoms. The van der Waals surface area contributed by atoms with Crippen molar-refractivity contribution < 1.29 is 14.3 Å². The topological polar surface area (TPSA) is 82.4 Å². The van der Waals surface area contributed by atoms with E-state index >= 15 is 0 Å². The van der Waals surface area contributed by atoms with E-state index in [1.807, 2.05) is 36.9 Å². The van der Waals surface area contributed by atoms with Crippen LogP contribution in [0.5, 0.6) is 0 Å². The lowest BCUT2D eigenvalue weighted by molar-refractivity contribution is -0.117. The van der Waals surface area contributed by atoms with E-state index in [1.54, 1.807) is 18.4 Å². The molecule has 2 aromatic rings. The van der Waals surface area contributed by atoms with Gasteiger partial charge in [-0.25, -0.2) is 4.79 Å². The molecule has 0 aliphatic heterocycles. The normalized spacial score (nSPS) is 11.7. The molecule has 0 aliphatic carbocycles. The molecule has 154 valence electrons. The second kappa shape index (κ2) is 11.0. The molecule has 1 N–H and O–H groups in total. The molecule has 6 nitrogen and oxygen atoms in total. The number of nitrogens with zero attached hydrogens (tertiary/aromatic N) is 2. The zero-order valence-corrected chi connectivity index (χ0v) is 18.3. The Kier molecular flexibility index (Phi) is 8.65. The summed E-state index contributed by atoms with van der Waals surface area (Å²) in [6.45, 7) is 6.97. The van der Waals surface area contributed by atoms with Crippen LogP contribution in [0.15, 0.2) is 29.6 Å². The number of carbonyl (C=O) groups excluding carboxylic acids is 2. The van der Waals surface area contributed by atoms with Gasteiger partial charge in [0.1, 0.15) is 10.6 Å². The fourth-order valence-electron chi connectivity index (χ4n) is 2.84. The van der Waals surface area contributed by atoms with E-state index in [-0.39, 0.29) is 25.0 Å². The Morgan fingerprint density at radius 2 is 2.03 bits per heavy atom. The minimum atomic E-state index is -0.510. The number of ether oxygens (including phenoxy) is 1. The van der Waals surface area contributed by atoms with E-state index in [2.05, 4.69) is 11.4 Å². The number of likely N-dealkylation sites (N-methyl/N-ethyl adjacent to an activating group) is 1. The van der Waals surface area contributed by atoms with Gasteiger partial charge in [-0.3, -0.25) is 9.69 Å². The molecule has 1 atom stereocenters. The van der Waals surface area contributed by atoms with Gasteiger partial charge in [0.25, 0.3) is 0 Å². The number of amides is 1. The quantitative estimate of drug-likeness (QED) is 0.581. The van der Waals surface area contributed by atoms with Crippen molar-refractivity contribution in [1.29, 1.82) is 5.26 Å². The smallest absolute Gasteiger partial charge is 0.341 e. The Balaban J connectivity index is 2.28. The Labute approximate surface area is 180 Å². The van der Waals surface area contributed by atoms with Crippen molar-refractivity contribution in [3.05, 3.63) is 40.2 Å². The highest BCUT2D eigenvalue weighted by Gasteiger charge is 2.24. The SMILES string of the molecule is CCOC(=O)c1c(-c2ccccc2Cl)csc1NC(=O)CN(CC)CC(C)C#N. The first-order valence-corrected chi connectivity index (χ1v) is 10.6. The summed E-state index contributed by atoms with van der Waals surface area (Å²) in [5.74, 6) is -0.939. The highest BCUT2D eigenvalue weighted by molar-refractivity contribution is 7.15. The van der Waals surface area contributed by atoms with Crippen LogP contribution in [0.4, 0.5) is 5.00 Å². The van der Waals surface area contributed by atoms with E-state index in [0.717, 1.165) is 0 Å². The number of benzene rings is 1. The molecule has 1 aromatic heterocycles. The van der Waals surface area contributed by atoms with Gasteiger partial charge in [0.05, 0.1) is 25.1 Å². The van der Waals surface area contributed by atoms with Crippen LogP contribution in [0.25, 0.3) is 11.1 Å². The molecule has 1 unspecified atom stereocenters. The van der Waals surface area contributed by atoms with Gasteiger partial charge in [-0.2, -0.15) is 5.26 Å². The summed E-state index contributed by atoms with van der Waals surface area (Å²) in [6, 6.07) is 9.39. The van der Waals surface area contributed by atoms with Crippen LogP contribution < -0.4 is 5.32 Å². The molecule has 0 saturated heterocycles. The molecule has 0 fully saturated rings. The number of nitrogens with one attached hydrogen (secondary N) is 1. The average Bonchev–Trinajstić information content (AvgIpc) is 3.10. The van der Waals surface area contributed by atoms with Gasteiger partial charge in [-0.1, -0.05) is 36.7 Å². The van der Waals surface area contributed by atoms with E-state index in [1.165, 1.54) is 11.3 Å². The first-order chi connectivity index (χ1) is 13.9. The molecule has 1 aromatic carbocycles. The monoisotopic (exact) mass is 433 g/mol. The van der Waals surface area contributed by atoms with E-state index < -0.39 is 5.97 Å². The Hall–Kier alpha value is -2.40. The molecule has 0 aliphatic rings. The van der Waals surface area contributed by atoms with Gasteiger partial charge < -0.3 is 10.1 Å². The van der Waals surface area contributed by atoms with Gasteiger partial charge in [-0.15, -0.1) is 11.3 Å². The maximum absolute atomic E-state index is 12.6. The summed E-state index contributed by atoms with van der Waals surface area (Å²) < 4.78 is 5.21. The number of esters is 1. The van der Waals surface area contributed by atoms with Crippen LogP contribution in [-0.4, -0.2) is 43.0 Å². The molecule has 2 rings (SSSR count). The molecule has 1 amide bonds. The first kappa shape index (κ1) is 22.9. The minimum Gasteiger partial charge on any atom is -0.462 e. The number of hydrogen-bond acceptors (Lipinski definition) is 6. The van der Waals surface area contributed by atoms with Crippen LogP contribution in [-0.2, 0) is 9.53 Å². The van der Waals surface area contributed by atoms with Gasteiger partial charge >= 0.3 is 5.97 Å². The van der Waals surface area contributed by atoms with E-state index in [9.17, 15) is 9.59 Å². The van der Waals surface area contributed by atoms with Gasteiger partial charge in [0, 0.05) is 28.1 Å². The lowest BCUT2D eigenvalue weighted by atomic mass is 10.0. The number of nitriles is 1. The molecular weight excluding hydrogens is 410 g/mol. The molecule has 0 radical (unpaired) electrons. The Bertz CT molecular complexity index is 907. The summed E-state index contributed by atoms with van der Waals surface area (Å²) in [5, 5.41) is 14.5. The van der Waals surface area contributed by atoms with Crippen LogP contribution in [0.3, 0.4) is 0 Å². The zero-order valence-electron chi connectivity index (χ0n) is 16.7. The third-order valence-corrected chi connectivity index (χ3v) is 5.48. The highest BCUT2D eigenvalue weighted by Crippen LogP contribution is 2.39. The zero-order chi connectivity index (χ0) is 21.4. The van der Waals surface area contributed by atoms with Crippen molar-refractivity contribution in [2.24, 2.45) is 5.92 Å². The molecule has 8 heteroatoms. The van der Waals surface area contributed by atoms with Crippen LogP contribution >= 0.6 is 22.9 Å². The summed E-state index contributed by atoms with van der Waals surface area (Å²) >= 11 is 7.56. The fraction of sp³-hybridized carbons (Fsp3) is 0.381. The van der Waals surface area contributed by atoms with Crippen LogP contribution in [0.1, 0.15) is 31.1 Å². The van der Waals surface area contributed by atoms with Crippen molar-refractivity contribution in [1.82, 2.24) is 4.90 Å². The Morgan fingerprint density at radius 3 is 2.66 bits per heavy atom. The van der Waals surface area contributed by atoms with Crippen molar-refractivity contribution in [2.75, 3.05) is 31.6 Å². The molecule has 0 saturated carbocycles. The van der Waals surface area contributed by atoms with Crippen LogP contribution in [0, 0.1) is 17.2 Å². The Morgan fingerprint density at radius 1 is 1.31 bits per heavy atom.